The minimum atomic E-state index is -4.55. The summed E-state index contributed by atoms with van der Waals surface area (Å²) in [6.07, 6.45) is -0.314. The largest absolute Gasteiger partial charge is 0.417 e. The van der Waals surface area contributed by atoms with E-state index in [0.29, 0.717) is 6.20 Å². The Balaban J connectivity index is 2.04. The van der Waals surface area contributed by atoms with E-state index < -0.39 is 22.5 Å². The number of aryl methyl sites for hydroxylation is 1. The number of hydrogen-bond acceptors (Lipinski definition) is 6. The van der Waals surface area contributed by atoms with Gasteiger partial charge < -0.3 is 10.1 Å². The van der Waals surface area contributed by atoms with E-state index in [-0.39, 0.29) is 17.2 Å². The summed E-state index contributed by atoms with van der Waals surface area (Å²) in [7, 11) is 1.52. The molecule has 0 aliphatic carbocycles. The second-order valence-corrected chi connectivity index (χ2v) is 4.73. The molecule has 0 aromatic carbocycles. The van der Waals surface area contributed by atoms with Crippen molar-refractivity contribution in [3.8, 4) is 17.2 Å². The van der Waals surface area contributed by atoms with Crippen LogP contribution in [0.4, 0.5) is 19.0 Å². The molecule has 124 valence electrons. The molecule has 0 bridgehead atoms. The Morgan fingerprint density at radius 2 is 1.96 bits per heavy atom. The molecule has 0 atom stereocenters. The molecule has 0 unspecified atom stereocenters. The standard InChI is InChI=1S/C12H8F3N7O2/c1-20-5-18-10(22(23)24)11(20)21-6-17-9(19-21)7-2-8(4-16-3-7)12(13,14)15/h2-6H,1H3. The lowest BCUT2D eigenvalue weighted by atomic mass is 10.2. The highest BCUT2D eigenvalue weighted by Gasteiger charge is 2.31. The highest BCUT2D eigenvalue weighted by atomic mass is 19.4. The zero-order valence-electron chi connectivity index (χ0n) is 12.0. The molecule has 3 heterocycles. The summed E-state index contributed by atoms with van der Waals surface area (Å²) >= 11 is 0. The van der Waals surface area contributed by atoms with Gasteiger partial charge in [-0.2, -0.15) is 17.9 Å². The summed E-state index contributed by atoms with van der Waals surface area (Å²) in [6.45, 7) is 0. The van der Waals surface area contributed by atoms with Gasteiger partial charge in [-0.3, -0.25) is 9.55 Å². The number of imidazole rings is 1. The summed E-state index contributed by atoms with van der Waals surface area (Å²) < 4.78 is 40.6. The van der Waals surface area contributed by atoms with Gasteiger partial charge >= 0.3 is 12.0 Å². The van der Waals surface area contributed by atoms with Crippen LogP contribution in [0.3, 0.4) is 0 Å². The summed E-state index contributed by atoms with van der Waals surface area (Å²) in [6, 6.07) is 0.852. The molecule has 0 N–H and O–H groups in total. The lowest BCUT2D eigenvalue weighted by molar-refractivity contribution is -0.389. The van der Waals surface area contributed by atoms with E-state index in [1.54, 1.807) is 0 Å². The Morgan fingerprint density at radius 3 is 2.62 bits per heavy atom. The van der Waals surface area contributed by atoms with Crippen molar-refractivity contribution in [3.63, 3.8) is 0 Å². The third-order valence-corrected chi connectivity index (χ3v) is 3.09. The van der Waals surface area contributed by atoms with Gasteiger partial charge in [0.25, 0.3) is 0 Å². The van der Waals surface area contributed by atoms with Crippen molar-refractivity contribution in [2.45, 2.75) is 6.18 Å². The zero-order valence-corrected chi connectivity index (χ0v) is 12.0. The van der Waals surface area contributed by atoms with E-state index in [4.69, 9.17) is 0 Å². The van der Waals surface area contributed by atoms with Crippen molar-refractivity contribution in [2.24, 2.45) is 7.05 Å². The molecule has 0 fully saturated rings. The van der Waals surface area contributed by atoms with Gasteiger partial charge in [0.1, 0.15) is 6.33 Å². The molecular weight excluding hydrogens is 331 g/mol. The van der Waals surface area contributed by atoms with E-state index in [0.717, 1.165) is 17.1 Å². The summed E-state index contributed by atoms with van der Waals surface area (Å²) in [5.41, 5.74) is -0.906. The lowest BCUT2D eigenvalue weighted by Crippen LogP contribution is -2.06. The maximum Gasteiger partial charge on any atom is 0.417 e. The Morgan fingerprint density at radius 1 is 1.21 bits per heavy atom. The number of halogens is 3. The van der Waals surface area contributed by atoms with Gasteiger partial charge in [0.05, 0.1) is 5.56 Å². The van der Waals surface area contributed by atoms with Crippen LogP contribution >= 0.6 is 0 Å². The Hall–Kier alpha value is -3.31. The third-order valence-electron chi connectivity index (χ3n) is 3.09. The van der Waals surface area contributed by atoms with E-state index in [1.165, 1.54) is 24.1 Å². The number of alkyl halides is 3. The molecule has 0 aliphatic heterocycles. The molecule has 3 rings (SSSR count). The van der Waals surface area contributed by atoms with Crippen LogP contribution in [0.5, 0.6) is 0 Å². The number of pyridine rings is 1. The average Bonchev–Trinajstić information content (AvgIpc) is 3.12. The fourth-order valence-electron chi connectivity index (χ4n) is 2.02. The second-order valence-electron chi connectivity index (χ2n) is 4.73. The van der Waals surface area contributed by atoms with Gasteiger partial charge in [-0.15, -0.1) is 5.10 Å². The van der Waals surface area contributed by atoms with Crippen molar-refractivity contribution in [2.75, 3.05) is 0 Å². The molecule has 0 aliphatic rings. The summed E-state index contributed by atoms with van der Waals surface area (Å²) in [4.78, 5) is 21.3. The van der Waals surface area contributed by atoms with Gasteiger partial charge in [-0.25, -0.2) is 4.98 Å². The molecule has 0 spiro atoms. The van der Waals surface area contributed by atoms with Crippen LogP contribution in [0.25, 0.3) is 17.2 Å². The molecule has 12 heteroatoms. The van der Waals surface area contributed by atoms with Crippen LogP contribution in [0.2, 0.25) is 0 Å². The molecule has 0 radical (unpaired) electrons. The van der Waals surface area contributed by atoms with E-state index in [9.17, 15) is 23.3 Å². The predicted octanol–water partition coefficient (Wildman–Crippen LogP) is 1.99. The molecule has 9 nitrogen and oxygen atoms in total. The van der Waals surface area contributed by atoms with Crippen LogP contribution in [0, 0.1) is 10.1 Å². The first-order valence-corrected chi connectivity index (χ1v) is 6.37. The van der Waals surface area contributed by atoms with Crippen molar-refractivity contribution in [1.29, 1.82) is 0 Å². The summed E-state index contributed by atoms with van der Waals surface area (Å²) in [5.74, 6) is -0.473. The minimum absolute atomic E-state index is 0.0266. The highest BCUT2D eigenvalue weighted by molar-refractivity contribution is 5.54. The number of aromatic nitrogens is 6. The van der Waals surface area contributed by atoms with Crippen molar-refractivity contribution in [3.05, 3.63) is 46.8 Å². The van der Waals surface area contributed by atoms with Crippen molar-refractivity contribution < 1.29 is 18.1 Å². The van der Waals surface area contributed by atoms with Crippen molar-refractivity contribution >= 4 is 5.82 Å². The van der Waals surface area contributed by atoms with Crippen LogP contribution in [0.15, 0.2) is 31.1 Å². The molecule has 24 heavy (non-hydrogen) atoms. The number of nitrogens with zero attached hydrogens (tertiary/aromatic N) is 7. The molecule has 3 aromatic heterocycles. The SMILES string of the molecule is Cn1cnc([N+](=O)[O-])c1-n1cnc(-c2cncc(C(F)(F)F)c2)n1. The molecule has 0 saturated heterocycles. The monoisotopic (exact) mass is 339 g/mol. The number of rotatable bonds is 3. The second kappa shape index (κ2) is 5.40. The topological polar surface area (TPSA) is 105 Å². The fraction of sp³-hybridized carbons (Fsp3) is 0.167. The Labute approximate surface area is 131 Å². The highest BCUT2D eigenvalue weighted by Crippen LogP contribution is 2.30. The van der Waals surface area contributed by atoms with Gasteiger partial charge in [0.15, 0.2) is 5.82 Å². The van der Waals surface area contributed by atoms with Crippen LogP contribution in [0.1, 0.15) is 5.56 Å². The zero-order chi connectivity index (χ0) is 17.5. The quantitative estimate of drug-likeness (QED) is 0.534. The molecule has 0 saturated carbocycles. The first-order chi connectivity index (χ1) is 11.3. The van der Waals surface area contributed by atoms with E-state index in [2.05, 4.69) is 20.1 Å². The van der Waals surface area contributed by atoms with Crippen molar-refractivity contribution in [1.82, 2.24) is 29.3 Å². The lowest BCUT2D eigenvalue weighted by Gasteiger charge is -2.06. The number of nitro groups is 1. The smallest absolute Gasteiger partial charge is 0.358 e. The van der Waals surface area contributed by atoms with E-state index in [1.807, 2.05) is 0 Å². The normalized spacial score (nSPS) is 11.7. The third kappa shape index (κ3) is 2.68. The van der Waals surface area contributed by atoms with E-state index >= 15 is 0 Å². The first-order valence-electron chi connectivity index (χ1n) is 6.37. The van der Waals surface area contributed by atoms with Gasteiger partial charge in [0.2, 0.25) is 12.1 Å². The van der Waals surface area contributed by atoms with Gasteiger partial charge in [0, 0.05) is 25.0 Å². The molecular formula is C12H8F3N7O2. The Kier molecular flexibility index (Phi) is 3.51. The van der Waals surface area contributed by atoms with Crippen LogP contribution in [-0.4, -0.2) is 34.2 Å². The first kappa shape index (κ1) is 15.6. The number of hydrogen-bond donors (Lipinski definition) is 0. The maximum absolute atomic E-state index is 12.7. The molecule has 3 aromatic rings. The van der Waals surface area contributed by atoms with Crippen LogP contribution < -0.4 is 0 Å². The Bertz CT molecular complexity index is 916. The minimum Gasteiger partial charge on any atom is -0.358 e. The van der Waals surface area contributed by atoms with Gasteiger partial charge in [-0.1, -0.05) is 0 Å². The van der Waals surface area contributed by atoms with Crippen LogP contribution in [-0.2, 0) is 13.2 Å². The fourth-order valence-corrected chi connectivity index (χ4v) is 2.02. The van der Waals surface area contributed by atoms with Gasteiger partial charge in [-0.05, 0) is 16.0 Å². The maximum atomic E-state index is 12.7. The molecule has 0 amide bonds. The average molecular weight is 339 g/mol. The predicted molar refractivity (Wildman–Crippen MR) is 73.0 cm³/mol. The summed E-state index contributed by atoms with van der Waals surface area (Å²) in [5, 5.41) is 15.0.